The van der Waals surface area contributed by atoms with Crippen LogP contribution in [0, 0.1) is 6.92 Å². The fourth-order valence-electron chi connectivity index (χ4n) is 4.35. The number of hydrogen-bond acceptors (Lipinski definition) is 6. The van der Waals surface area contributed by atoms with Gasteiger partial charge in [0.05, 0.1) is 30.9 Å². The number of hydrogen-bond donors (Lipinski definition) is 0. The van der Waals surface area contributed by atoms with Crippen molar-refractivity contribution in [3.05, 3.63) is 53.6 Å². The van der Waals surface area contributed by atoms with Crippen molar-refractivity contribution < 1.29 is 14.3 Å². The maximum Gasteiger partial charge on any atom is 0.256 e. The average Bonchev–Trinajstić information content (AvgIpc) is 3.26. The second kappa shape index (κ2) is 10.3. The normalized spacial score (nSPS) is 20.8. The molecule has 33 heavy (non-hydrogen) atoms. The molecule has 0 aromatic heterocycles. The van der Waals surface area contributed by atoms with Crippen molar-refractivity contribution in [2.75, 3.05) is 31.9 Å². The molecule has 7 nitrogen and oxygen atoms in total. The molecule has 2 heterocycles. The van der Waals surface area contributed by atoms with E-state index in [1.165, 1.54) is 0 Å². The van der Waals surface area contributed by atoms with E-state index in [1.807, 2.05) is 72.6 Å². The first-order valence-electron chi connectivity index (χ1n) is 11.8. The molecule has 0 N–H and O–H groups in total. The van der Waals surface area contributed by atoms with E-state index in [4.69, 9.17) is 9.47 Å². The maximum absolute atomic E-state index is 13.7. The number of ether oxygens (including phenoxy) is 2. The van der Waals surface area contributed by atoms with E-state index in [0.717, 1.165) is 48.6 Å². The van der Waals surface area contributed by atoms with E-state index in [2.05, 4.69) is 18.9 Å². The summed E-state index contributed by atoms with van der Waals surface area (Å²) in [5, 5.41) is 8.20. The lowest BCUT2D eigenvalue weighted by Crippen LogP contribution is -2.49. The van der Waals surface area contributed by atoms with Gasteiger partial charge in [-0.3, -0.25) is 4.79 Å². The summed E-state index contributed by atoms with van der Waals surface area (Å²) >= 11 is 0. The van der Waals surface area contributed by atoms with Crippen molar-refractivity contribution in [3.8, 4) is 11.5 Å². The Balaban J connectivity index is 1.51. The van der Waals surface area contributed by atoms with E-state index in [0.29, 0.717) is 18.7 Å². The third kappa shape index (κ3) is 4.98. The number of hydrazone groups is 1. The lowest BCUT2D eigenvalue weighted by Gasteiger charge is -2.38. The van der Waals surface area contributed by atoms with Crippen LogP contribution in [-0.2, 0) is 0 Å². The Morgan fingerprint density at radius 1 is 1.12 bits per heavy atom. The van der Waals surface area contributed by atoms with Crippen LogP contribution in [0.1, 0.15) is 49.0 Å². The fraction of sp³-hybridized carbons (Fsp3) is 0.462. The molecule has 0 saturated carbocycles. The van der Waals surface area contributed by atoms with Crippen LogP contribution in [0.2, 0.25) is 0 Å². The van der Waals surface area contributed by atoms with Gasteiger partial charge in [-0.1, -0.05) is 25.1 Å². The summed E-state index contributed by atoms with van der Waals surface area (Å²) in [7, 11) is 1.96. The molecule has 1 saturated heterocycles. The van der Waals surface area contributed by atoms with Crippen molar-refractivity contribution in [1.29, 1.82) is 0 Å². The van der Waals surface area contributed by atoms with Crippen LogP contribution in [-0.4, -0.2) is 60.9 Å². The van der Waals surface area contributed by atoms with Crippen LogP contribution in [0.4, 0.5) is 5.69 Å². The van der Waals surface area contributed by atoms with Crippen LogP contribution >= 0.6 is 0 Å². The molecule has 2 unspecified atom stereocenters. The third-order valence-corrected chi connectivity index (χ3v) is 6.30. The summed E-state index contributed by atoms with van der Waals surface area (Å²) in [6.07, 6.45) is 4.54. The monoisotopic (exact) mass is 450 g/mol. The molecule has 176 valence electrons. The van der Waals surface area contributed by atoms with Gasteiger partial charge < -0.3 is 14.4 Å². The standard InChI is InChI=1S/C26H34N4O3/c1-5-17-32-24-11-8-12-25(20(24)3)33-21-14-13-19(2)29(18-21)26(31)22-9-6-7-10-23(22)30-27-15-16-28(30)4/h6-12,15,19,21H,5,13-14,16-18H2,1-4H3. The second-order valence-corrected chi connectivity index (χ2v) is 8.80. The molecule has 2 aliphatic rings. The molecule has 1 amide bonds. The van der Waals surface area contributed by atoms with Crippen molar-refractivity contribution in [3.63, 3.8) is 0 Å². The quantitative estimate of drug-likeness (QED) is 0.621. The van der Waals surface area contributed by atoms with Gasteiger partial charge in [-0.05, 0) is 57.4 Å². The summed E-state index contributed by atoms with van der Waals surface area (Å²) in [6.45, 7) is 8.19. The molecule has 2 aliphatic heterocycles. The Hall–Kier alpha value is -3.06. The maximum atomic E-state index is 13.7. The van der Waals surface area contributed by atoms with Crippen LogP contribution in [0.3, 0.4) is 0 Å². The first-order chi connectivity index (χ1) is 16.0. The molecule has 2 aromatic carbocycles. The van der Waals surface area contributed by atoms with Crippen molar-refractivity contribution in [2.24, 2.45) is 5.10 Å². The number of benzene rings is 2. The SMILES string of the molecule is CCCOc1cccc(OC2CCC(C)N(C(=O)c3ccccc3N3N=CCN3C)C2)c1C. The van der Waals surface area contributed by atoms with Gasteiger partial charge in [-0.2, -0.15) is 15.2 Å². The minimum absolute atomic E-state index is 0.0126. The van der Waals surface area contributed by atoms with Gasteiger partial charge in [0.15, 0.2) is 0 Å². The molecule has 0 bridgehead atoms. The van der Waals surface area contributed by atoms with Crippen molar-refractivity contribution in [1.82, 2.24) is 9.91 Å². The predicted molar refractivity (Wildman–Crippen MR) is 131 cm³/mol. The molecule has 0 aliphatic carbocycles. The van der Waals surface area contributed by atoms with Gasteiger partial charge in [0.2, 0.25) is 0 Å². The Kier molecular flexibility index (Phi) is 7.18. The molecule has 0 spiro atoms. The topological polar surface area (TPSA) is 57.6 Å². The summed E-state index contributed by atoms with van der Waals surface area (Å²) in [4.78, 5) is 15.6. The molecular weight excluding hydrogens is 416 g/mol. The van der Waals surface area contributed by atoms with Crippen LogP contribution in [0.5, 0.6) is 11.5 Å². The van der Waals surface area contributed by atoms with E-state index in [1.54, 1.807) is 5.12 Å². The highest BCUT2D eigenvalue weighted by molar-refractivity contribution is 6.00. The summed E-state index contributed by atoms with van der Waals surface area (Å²) < 4.78 is 12.3. The predicted octanol–water partition coefficient (Wildman–Crippen LogP) is 4.51. The van der Waals surface area contributed by atoms with Crippen LogP contribution in [0.25, 0.3) is 0 Å². The summed E-state index contributed by atoms with van der Waals surface area (Å²) in [6, 6.07) is 13.7. The zero-order valence-corrected chi connectivity index (χ0v) is 20.0. The highest BCUT2D eigenvalue weighted by Crippen LogP contribution is 2.32. The van der Waals surface area contributed by atoms with E-state index >= 15 is 0 Å². The largest absolute Gasteiger partial charge is 0.493 e. The number of carbonyl (C=O) groups is 1. The number of hydrazine groups is 1. The zero-order valence-electron chi connectivity index (χ0n) is 20.0. The number of carbonyl (C=O) groups excluding carboxylic acids is 1. The molecule has 4 rings (SSSR count). The van der Waals surface area contributed by atoms with Crippen molar-refractivity contribution in [2.45, 2.75) is 52.2 Å². The van der Waals surface area contributed by atoms with Gasteiger partial charge in [0.25, 0.3) is 5.91 Å². The minimum Gasteiger partial charge on any atom is -0.493 e. The van der Waals surface area contributed by atoms with Gasteiger partial charge in [0, 0.05) is 24.9 Å². The van der Waals surface area contributed by atoms with Gasteiger partial charge in [0.1, 0.15) is 17.6 Å². The molecule has 7 heteroatoms. The van der Waals surface area contributed by atoms with E-state index in [9.17, 15) is 4.79 Å². The van der Waals surface area contributed by atoms with E-state index in [-0.39, 0.29) is 18.1 Å². The first kappa shape index (κ1) is 23.1. The first-order valence-corrected chi connectivity index (χ1v) is 11.8. The lowest BCUT2D eigenvalue weighted by atomic mass is 9.99. The number of likely N-dealkylation sites (tertiary alicyclic amines) is 1. The Morgan fingerprint density at radius 3 is 2.67 bits per heavy atom. The molecule has 0 radical (unpaired) electrons. The molecular formula is C26H34N4O3. The Morgan fingerprint density at radius 2 is 1.91 bits per heavy atom. The summed E-state index contributed by atoms with van der Waals surface area (Å²) in [5.74, 6) is 1.69. The number of para-hydroxylation sites is 1. The summed E-state index contributed by atoms with van der Waals surface area (Å²) in [5.41, 5.74) is 2.45. The fourth-order valence-corrected chi connectivity index (χ4v) is 4.35. The Labute approximate surface area is 196 Å². The van der Waals surface area contributed by atoms with Gasteiger partial charge >= 0.3 is 0 Å². The van der Waals surface area contributed by atoms with Crippen molar-refractivity contribution >= 4 is 17.8 Å². The van der Waals surface area contributed by atoms with Gasteiger partial charge in [-0.15, -0.1) is 0 Å². The lowest BCUT2D eigenvalue weighted by molar-refractivity contribution is 0.0382. The van der Waals surface area contributed by atoms with E-state index < -0.39 is 0 Å². The van der Waals surface area contributed by atoms with Gasteiger partial charge in [-0.25, -0.2) is 0 Å². The number of anilines is 1. The molecule has 1 fully saturated rings. The van der Waals surface area contributed by atoms with Crippen LogP contribution in [0.15, 0.2) is 47.6 Å². The third-order valence-electron chi connectivity index (χ3n) is 6.30. The number of nitrogens with zero attached hydrogens (tertiary/aromatic N) is 4. The number of piperidine rings is 1. The minimum atomic E-state index is -0.0649. The highest BCUT2D eigenvalue weighted by atomic mass is 16.5. The number of amides is 1. The zero-order chi connectivity index (χ0) is 23.4. The number of rotatable bonds is 7. The molecule has 2 atom stereocenters. The highest BCUT2D eigenvalue weighted by Gasteiger charge is 2.33. The second-order valence-electron chi connectivity index (χ2n) is 8.80. The average molecular weight is 451 g/mol. The Bertz CT molecular complexity index is 1010. The molecule has 2 aromatic rings. The smallest absolute Gasteiger partial charge is 0.256 e. The van der Waals surface area contributed by atoms with Crippen LogP contribution < -0.4 is 14.6 Å².